The summed E-state index contributed by atoms with van der Waals surface area (Å²) in [6.45, 7) is 4.38. The summed E-state index contributed by atoms with van der Waals surface area (Å²) in [5.74, 6) is 1.25. The molecule has 3 heterocycles. The predicted molar refractivity (Wildman–Crippen MR) is 82.1 cm³/mol. The van der Waals surface area contributed by atoms with Gasteiger partial charge in [0.15, 0.2) is 0 Å². The molecule has 0 radical (unpaired) electrons. The van der Waals surface area contributed by atoms with E-state index < -0.39 is 0 Å². The number of hydrogen-bond acceptors (Lipinski definition) is 3. The highest BCUT2D eigenvalue weighted by molar-refractivity contribution is 5.79. The number of fused-ring (bicyclic) bond motifs is 2. The summed E-state index contributed by atoms with van der Waals surface area (Å²) in [6, 6.07) is 11.4. The van der Waals surface area contributed by atoms with Gasteiger partial charge in [-0.15, -0.1) is 0 Å². The largest absolute Gasteiger partial charge is 0.366 e. The van der Waals surface area contributed by atoms with Gasteiger partial charge >= 0.3 is 0 Å². The van der Waals surface area contributed by atoms with E-state index in [0.29, 0.717) is 12.0 Å². The van der Waals surface area contributed by atoms with Crippen LogP contribution in [0.25, 0.3) is 0 Å². The van der Waals surface area contributed by atoms with E-state index in [-0.39, 0.29) is 0 Å². The molecular formula is C17H21N3. The number of nitrogens with zero attached hydrogens (tertiary/aromatic N) is 2. The first-order valence-corrected chi connectivity index (χ1v) is 7.64. The molecule has 0 saturated carbocycles. The van der Waals surface area contributed by atoms with E-state index >= 15 is 0 Å². The predicted octanol–water partition coefficient (Wildman–Crippen LogP) is 2.03. The Kier molecular flexibility index (Phi) is 3.07. The zero-order chi connectivity index (χ0) is 13.4. The number of rotatable bonds is 2. The maximum absolute atomic E-state index is 4.62. The fourth-order valence-corrected chi connectivity index (χ4v) is 3.76. The number of nitrogens with one attached hydrogen (secondary N) is 1. The van der Waals surface area contributed by atoms with Crippen LogP contribution in [0.5, 0.6) is 0 Å². The van der Waals surface area contributed by atoms with Gasteiger partial charge in [-0.05, 0) is 24.4 Å². The molecule has 1 aromatic rings. The molecule has 3 aliphatic rings. The Morgan fingerprint density at radius 3 is 2.90 bits per heavy atom. The zero-order valence-corrected chi connectivity index (χ0v) is 11.7. The van der Waals surface area contributed by atoms with Crippen LogP contribution in [-0.4, -0.2) is 43.3 Å². The minimum Gasteiger partial charge on any atom is -0.366 e. The number of likely N-dealkylation sites (tertiary alicyclic amines) is 1. The molecule has 3 aliphatic heterocycles. The molecule has 3 unspecified atom stereocenters. The first-order valence-electron chi connectivity index (χ1n) is 7.64. The Morgan fingerprint density at radius 1 is 1.15 bits per heavy atom. The molecule has 3 nitrogen and oxygen atoms in total. The molecule has 0 amide bonds. The number of allylic oxidation sites excluding steroid dienone is 1. The number of aliphatic imine (C=N–C) groups is 1. The smallest absolute Gasteiger partial charge is 0.0517 e. The summed E-state index contributed by atoms with van der Waals surface area (Å²) in [6.07, 6.45) is 5.84. The normalized spacial score (nSPS) is 32.3. The van der Waals surface area contributed by atoms with Gasteiger partial charge in [-0.3, -0.25) is 4.99 Å². The minimum absolute atomic E-state index is 0.435. The van der Waals surface area contributed by atoms with Gasteiger partial charge in [0.1, 0.15) is 0 Å². The lowest BCUT2D eigenvalue weighted by molar-refractivity contribution is 0.327. The third-order valence-corrected chi connectivity index (χ3v) is 4.77. The van der Waals surface area contributed by atoms with Crippen LogP contribution >= 0.6 is 0 Å². The fraction of sp³-hybridized carbons (Fsp3) is 0.471. The molecule has 0 spiro atoms. The molecule has 20 heavy (non-hydrogen) atoms. The Hall–Kier alpha value is -1.61. The van der Waals surface area contributed by atoms with Crippen molar-refractivity contribution in [3.05, 3.63) is 47.7 Å². The van der Waals surface area contributed by atoms with Crippen LogP contribution in [0.4, 0.5) is 0 Å². The molecule has 3 heteroatoms. The highest BCUT2D eigenvalue weighted by atomic mass is 15.2. The highest BCUT2D eigenvalue weighted by Crippen LogP contribution is 2.31. The highest BCUT2D eigenvalue weighted by Gasteiger charge is 2.36. The average molecular weight is 267 g/mol. The van der Waals surface area contributed by atoms with E-state index in [2.05, 4.69) is 57.8 Å². The maximum atomic E-state index is 4.62. The summed E-state index contributed by atoms with van der Waals surface area (Å²) < 4.78 is 0. The van der Waals surface area contributed by atoms with Crippen LogP contribution in [0.1, 0.15) is 17.9 Å². The molecule has 1 N–H and O–H groups in total. The number of dihydropyridines is 1. The Morgan fingerprint density at radius 2 is 2.05 bits per heavy atom. The van der Waals surface area contributed by atoms with E-state index in [4.69, 9.17) is 0 Å². The van der Waals surface area contributed by atoms with Crippen molar-refractivity contribution >= 4 is 6.21 Å². The van der Waals surface area contributed by atoms with Crippen molar-refractivity contribution in [2.24, 2.45) is 10.9 Å². The Labute approximate surface area is 120 Å². The third-order valence-electron chi connectivity index (χ3n) is 4.77. The quantitative estimate of drug-likeness (QED) is 0.888. The molecular weight excluding hydrogens is 246 g/mol. The van der Waals surface area contributed by atoms with Gasteiger partial charge < -0.3 is 10.2 Å². The van der Waals surface area contributed by atoms with Gasteiger partial charge in [-0.25, -0.2) is 0 Å². The third kappa shape index (κ3) is 2.16. The molecule has 1 aromatic carbocycles. The monoisotopic (exact) mass is 267 g/mol. The fourth-order valence-electron chi connectivity index (χ4n) is 3.76. The molecule has 2 saturated heterocycles. The zero-order valence-electron chi connectivity index (χ0n) is 11.7. The van der Waals surface area contributed by atoms with E-state index in [1.807, 2.05) is 0 Å². The number of benzene rings is 1. The summed E-state index contributed by atoms with van der Waals surface area (Å²) >= 11 is 0. The summed E-state index contributed by atoms with van der Waals surface area (Å²) in [7, 11) is 0. The molecule has 0 aromatic heterocycles. The standard InChI is InChI=1S/C17H21N3/c1-2-4-14(5-3-1)15-7-17(11-19-9-15)20-12-13-6-16(20)10-18-8-13/h1-5,7,11,13,15-16,18H,6,8-10,12H2. The van der Waals surface area contributed by atoms with E-state index in [1.54, 1.807) is 0 Å². The maximum Gasteiger partial charge on any atom is 0.0517 e. The van der Waals surface area contributed by atoms with Gasteiger partial charge in [-0.1, -0.05) is 36.4 Å². The van der Waals surface area contributed by atoms with Gasteiger partial charge in [0.25, 0.3) is 0 Å². The Balaban J connectivity index is 1.58. The first kappa shape index (κ1) is 12.2. The van der Waals surface area contributed by atoms with Crippen molar-refractivity contribution in [1.82, 2.24) is 10.2 Å². The molecule has 2 fully saturated rings. The lowest BCUT2D eigenvalue weighted by atomic mass is 9.96. The van der Waals surface area contributed by atoms with Crippen molar-refractivity contribution in [3.63, 3.8) is 0 Å². The Bertz CT molecular complexity index is 534. The topological polar surface area (TPSA) is 27.6 Å². The lowest BCUT2D eigenvalue weighted by Gasteiger charge is -2.30. The van der Waals surface area contributed by atoms with Crippen LogP contribution < -0.4 is 5.32 Å². The summed E-state index contributed by atoms with van der Waals surface area (Å²) in [4.78, 5) is 7.19. The molecule has 104 valence electrons. The second kappa shape index (κ2) is 5.06. The second-order valence-corrected chi connectivity index (χ2v) is 6.17. The summed E-state index contributed by atoms with van der Waals surface area (Å²) in [5, 5.41) is 3.55. The van der Waals surface area contributed by atoms with Crippen molar-refractivity contribution in [1.29, 1.82) is 0 Å². The van der Waals surface area contributed by atoms with Crippen LogP contribution in [0.2, 0.25) is 0 Å². The molecule has 3 atom stereocenters. The van der Waals surface area contributed by atoms with Crippen molar-refractivity contribution < 1.29 is 0 Å². The van der Waals surface area contributed by atoms with Gasteiger partial charge in [0, 0.05) is 37.8 Å². The van der Waals surface area contributed by atoms with E-state index in [0.717, 1.165) is 19.0 Å². The first-order chi connectivity index (χ1) is 9.90. The average Bonchev–Trinajstić information content (AvgIpc) is 2.82. The van der Waals surface area contributed by atoms with Gasteiger partial charge in [0.2, 0.25) is 0 Å². The number of piperidine rings is 1. The van der Waals surface area contributed by atoms with E-state index in [9.17, 15) is 0 Å². The molecule has 2 bridgehead atoms. The van der Waals surface area contributed by atoms with Gasteiger partial charge in [-0.2, -0.15) is 0 Å². The van der Waals surface area contributed by atoms with Crippen LogP contribution in [-0.2, 0) is 0 Å². The van der Waals surface area contributed by atoms with Crippen LogP contribution in [0.3, 0.4) is 0 Å². The van der Waals surface area contributed by atoms with Crippen molar-refractivity contribution in [2.75, 3.05) is 26.2 Å². The van der Waals surface area contributed by atoms with Crippen LogP contribution in [0.15, 0.2) is 47.1 Å². The van der Waals surface area contributed by atoms with Gasteiger partial charge in [0.05, 0.1) is 5.70 Å². The van der Waals surface area contributed by atoms with Crippen molar-refractivity contribution in [2.45, 2.75) is 18.4 Å². The van der Waals surface area contributed by atoms with Crippen molar-refractivity contribution in [3.8, 4) is 0 Å². The lowest BCUT2D eigenvalue weighted by Crippen LogP contribution is -2.39. The van der Waals surface area contributed by atoms with Crippen LogP contribution in [0, 0.1) is 5.92 Å². The second-order valence-electron chi connectivity index (χ2n) is 6.17. The SMILES string of the molecule is C1=NCC(c2ccccc2)C=C1N1CC2CNCC1C2. The minimum atomic E-state index is 0.435. The van der Waals surface area contributed by atoms with E-state index in [1.165, 1.54) is 30.8 Å². The summed E-state index contributed by atoms with van der Waals surface area (Å²) in [5.41, 5.74) is 2.71. The molecule has 0 aliphatic carbocycles. The molecule has 4 rings (SSSR count). The number of hydrogen-bond donors (Lipinski definition) is 1.